The van der Waals surface area contributed by atoms with Gasteiger partial charge in [0.2, 0.25) is 0 Å². The van der Waals surface area contributed by atoms with Crippen LogP contribution in [0.3, 0.4) is 0 Å². The first-order valence-electron chi connectivity index (χ1n) is 7.87. The summed E-state index contributed by atoms with van der Waals surface area (Å²) in [5.74, 6) is 0.333. The number of rotatable bonds is 2. The molecule has 5 heteroatoms. The topological polar surface area (TPSA) is 61.8 Å². The summed E-state index contributed by atoms with van der Waals surface area (Å²) in [6, 6.07) is 6.23. The standard InChI is InChI=1S/C17H24N2O3/c1-17(2,3)22-16(21)19-9-12(10-19)18-15-7-4-11-8-13(20)5-6-14(11)15/h5-6,8,12,15,18,20H,4,7,9-10H2,1-3H3. The number of nitrogens with one attached hydrogen (secondary N) is 1. The van der Waals surface area contributed by atoms with Crippen molar-refractivity contribution < 1.29 is 14.6 Å². The van der Waals surface area contributed by atoms with Crippen LogP contribution in [0.1, 0.15) is 44.4 Å². The first kappa shape index (κ1) is 15.2. The van der Waals surface area contributed by atoms with E-state index in [2.05, 4.69) is 5.32 Å². The minimum Gasteiger partial charge on any atom is -0.508 e. The molecular weight excluding hydrogens is 280 g/mol. The normalized spacial score (nSPS) is 21.4. The summed E-state index contributed by atoms with van der Waals surface area (Å²) in [5, 5.41) is 13.1. The number of hydrogen-bond acceptors (Lipinski definition) is 4. The fourth-order valence-electron chi connectivity index (χ4n) is 3.12. The van der Waals surface area contributed by atoms with E-state index >= 15 is 0 Å². The number of carbonyl (C=O) groups is 1. The van der Waals surface area contributed by atoms with Crippen molar-refractivity contribution in [3.05, 3.63) is 29.3 Å². The second kappa shape index (κ2) is 5.47. The summed E-state index contributed by atoms with van der Waals surface area (Å²) < 4.78 is 5.36. The largest absolute Gasteiger partial charge is 0.508 e. The van der Waals surface area contributed by atoms with Crippen LogP contribution in [-0.4, -0.2) is 40.8 Å². The lowest BCUT2D eigenvalue weighted by Gasteiger charge is -2.41. The molecule has 5 nitrogen and oxygen atoms in total. The summed E-state index contributed by atoms with van der Waals surface area (Å²) in [5.41, 5.74) is 2.05. The number of phenols is 1. The van der Waals surface area contributed by atoms with E-state index in [9.17, 15) is 9.90 Å². The molecule has 0 spiro atoms. The van der Waals surface area contributed by atoms with Gasteiger partial charge in [0.05, 0.1) is 0 Å². The molecule has 1 unspecified atom stereocenters. The lowest BCUT2D eigenvalue weighted by atomic mass is 10.0. The highest BCUT2D eigenvalue weighted by Crippen LogP contribution is 2.34. The van der Waals surface area contributed by atoms with Crippen LogP contribution in [0.2, 0.25) is 0 Å². The summed E-state index contributed by atoms with van der Waals surface area (Å²) >= 11 is 0. The molecule has 1 aromatic carbocycles. The predicted octanol–water partition coefficient (Wildman–Crippen LogP) is 2.59. The average molecular weight is 304 g/mol. The maximum Gasteiger partial charge on any atom is 0.410 e. The first-order chi connectivity index (χ1) is 10.3. The van der Waals surface area contributed by atoms with E-state index in [1.807, 2.05) is 32.9 Å². The van der Waals surface area contributed by atoms with E-state index in [0.29, 0.717) is 30.9 Å². The molecule has 0 radical (unpaired) electrons. The van der Waals surface area contributed by atoms with Crippen molar-refractivity contribution in [2.24, 2.45) is 0 Å². The number of aromatic hydroxyl groups is 1. The van der Waals surface area contributed by atoms with Crippen LogP contribution >= 0.6 is 0 Å². The minimum absolute atomic E-state index is 0.234. The van der Waals surface area contributed by atoms with E-state index in [4.69, 9.17) is 4.74 Å². The Balaban J connectivity index is 1.51. The lowest BCUT2D eigenvalue weighted by Crippen LogP contribution is -2.60. The van der Waals surface area contributed by atoms with E-state index in [1.165, 1.54) is 11.1 Å². The van der Waals surface area contributed by atoms with Crippen LogP contribution in [0.4, 0.5) is 4.79 Å². The number of likely N-dealkylation sites (tertiary alicyclic amines) is 1. The maximum absolute atomic E-state index is 11.9. The SMILES string of the molecule is CC(C)(C)OC(=O)N1CC(NC2CCc3cc(O)ccc32)C1. The Morgan fingerprint density at radius 2 is 2.09 bits per heavy atom. The smallest absolute Gasteiger partial charge is 0.410 e. The quantitative estimate of drug-likeness (QED) is 0.881. The molecule has 120 valence electrons. The summed E-state index contributed by atoms with van der Waals surface area (Å²) in [7, 11) is 0. The molecule has 1 heterocycles. The van der Waals surface area contributed by atoms with Crippen molar-refractivity contribution in [1.82, 2.24) is 10.2 Å². The van der Waals surface area contributed by atoms with Crippen molar-refractivity contribution in [2.45, 2.75) is 51.3 Å². The minimum atomic E-state index is -0.442. The van der Waals surface area contributed by atoms with Crippen LogP contribution in [-0.2, 0) is 11.2 Å². The van der Waals surface area contributed by atoms with Gasteiger partial charge in [-0.15, -0.1) is 0 Å². The van der Waals surface area contributed by atoms with Crippen LogP contribution in [0.15, 0.2) is 18.2 Å². The third-order valence-corrected chi connectivity index (χ3v) is 4.17. The second-order valence-electron chi connectivity index (χ2n) is 7.22. The van der Waals surface area contributed by atoms with Gasteiger partial charge in [-0.25, -0.2) is 4.79 Å². The highest BCUT2D eigenvalue weighted by molar-refractivity contribution is 5.69. The summed E-state index contributed by atoms with van der Waals surface area (Å²) in [6.45, 7) is 7.03. The van der Waals surface area contributed by atoms with Crippen LogP contribution in [0.25, 0.3) is 0 Å². The molecule has 1 aliphatic heterocycles. The van der Waals surface area contributed by atoms with Gasteiger partial charge in [0.1, 0.15) is 11.4 Å². The molecule has 1 fully saturated rings. The van der Waals surface area contributed by atoms with E-state index < -0.39 is 5.60 Å². The van der Waals surface area contributed by atoms with Gasteiger partial charge >= 0.3 is 6.09 Å². The number of ether oxygens (including phenoxy) is 1. The Morgan fingerprint density at radius 1 is 1.36 bits per heavy atom. The van der Waals surface area contributed by atoms with Crippen molar-refractivity contribution in [1.29, 1.82) is 0 Å². The lowest BCUT2D eigenvalue weighted by molar-refractivity contribution is 0.00415. The molecule has 2 N–H and O–H groups in total. The Bertz CT molecular complexity index is 574. The fraction of sp³-hybridized carbons (Fsp3) is 0.588. The molecule has 1 amide bonds. The molecule has 1 atom stereocenters. The molecule has 2 aliphatic rings. The molecule has 1 aliphatic carbocycles. The van der Waals surface area contributed by atoms with E-state index in [0.717, 1.165) is 12.8 Å². The Morgan fingerprint density at radius 3 is 2.77 bits per heavy atom. The number of amides is 1. The highest BCUT2D eigenvalue weighted by atomic mass is 16.6. The van der Waals surface area contributed by atoms with Gasteiger partial charge < -0.3 is 20.1 Å². The van der Waals surface area contributed by atoms with Gasteiger partial charge in [-0.3, -0.25) is 0 Å². The maximum atomic E-state index is 11.9. The molecule has 1 saturated heterocycles. The highest BCUT2D eigenvalue weighted by Gasteiger charge is 2.36. The number of aryl methyl sites for hydroxylation is 1. The Labute approximate surface area is 131 Å². The van der Waals surface area contributed by atoms with E-state index in [-0.39, 0.29) is 6.09 Å². The van der Waals surface area contributed by atoms with Crippen LogP contribution in [0, 0.1) is 0 Å². The molecule has 0 saturated carbocycles. The van der Waals surface area contributed by atoms with Gasteiger partial charge in [-0.2, -0.15) is 0 Å². The summed E-state index contributed by atoms with van der Waals surface area (Å²) in [6.07, 6.45) is 1.80. The zero-order valence-corrected chi connectivity index (χ0v) is 13.4. The van der Waals surface area contributed by atoms with Gasteiger partial charge in [0.15, 0.2) is 0 Å². The summed E-state index contributed by atoms with van der Waals surface area (Å²) in [4.78, 5) is 13.6. The van der Waals surface area contributed by atoms with Crippen molar-refractivity contribution in [2.75, 3.05) is 13.1 Å². The third-order valence-electron chi connectivity index (χ3n) is 4.17. The zero-order chi connectivity index (χ0) is 15.9. The molecular formula is C17H24N2O3. The number of fused-ring (bicyclic) bond motifs is 1. The molecule has 0 aromatic heterocycles. The first-order valence-corrected chi connectivity index (χ1v) is 7.87. The number of phenolic OH excluding ortho intramolecular Hbond substituents is 1. The third kappa shape index (κ3) is 3.19. The second-order valence-corrected chi connectivity index (χ2v) is 7.22. The molecule has 3 rings (SSSR count). The number of carbonyl (C=O) groups excluding carboxylic acids is 1. The predicted molar refractivity (Wildman–Crippen MR) is 83.9 cm³/mol. The monoisotopic (exact) mass is 304 g/mol. The zero-order valence-electron chi connectivity index (χ0n) is 13.4. The van der Waals surface area contributed by atoms with Crippen LogP contribution < -0.4 is 5.32 Å². The van der Waals surface area contributed by atoms with Gasteiger partial charge in [-0.1, -0.05) is 6.07 Å². The Hall–Kier alpha value is -1.75. The van der Waals surface area contributed by atoms with Crippen LogP contribution in [0.5, 0.6) is 5.75 Å². The molecule has 0 bridgehead atoms. The fourth-order valence-corrected chi connectivity index (χ4v) is 3.12. The molecule has 22 heavy (non-hydrogen) atoms. The van der Waals surface area contributed by atoms with Crippen molar-refractivity contribution in [3.8, 4) is 5.75 Å². The van der Waals surface area contributed by atoms with Crippen molar-refractivity contribution in [3.63, 3.8) is 0 Å². The number of nitrogens with zero attached hydrogens (tertiary/aromatic N) is 1. The number of hydrogen-bond donors (Lipinski definition) is 2. The Kier molecular flexibility index (Phi) is 3.77. The van der Waals surface area contributed by atoms with Crippen molar-refractivity contribution >= 4 is 6.09 Å². The van der Waals surface area contributed by atoms with Gasteiger partial charge in [-0.05, 0) is 56.9 Å². The number of benzene rings is 1. The van der Waals surface area contributed by atoms with Gasteiger partial charge in [0.25, 0.3) is 0 Å². The van der Waals surface area contributed by atoms with E-state index in [1.54, 1.807) is 11.0 Å². The average Bonchev–Trinajstić information content (AvgIpc) is 2.73. The molecule has 1 aromatic rings. The van der Waals surface area contributed by atoms with Gasteiger partial charge in [0, 0.05) is 25.2 Å².